The molecule has 4 N–H and O–H groups in total. The van der Waals surface area contributed by atoms with Crippen molar-refractivity contribution in [1.29, 1.82) is 0 Å². The first kappa shape index (κ1) is 21.5. The number of aliphatic hydroxyl groups is 4. The molecular weight excluding hydrogens is 464 g/mol. The molecule has 0 saturated carbocycles. The zero-order valence-corrected chi connectivity index (χ0v) is 17.2. The van der Waals surface area contributed by atoms with Crippen LogP contribution in [0.4, 0.5) is 4.79 Å². The molecule has 3 aliphatic heterocycles. The molecule has 0 aromatic heterocycles. The van der Waals surface area contributed by atoms with Gasteiger partial charge in [0.15, 0.2) is 6.23 Å². The van der Waals surface area contributed by atoms with E-state index in [1.807, 2.05) is 0 Å². The molecule has 12 nitrogen and oxygen atoms in total. The van der Waals surface area contributed by atoms with Crippen LogP contribution in [0.2, 0.25) is 5.02 Å². The molecule has 0 aliphatic carbocycles. The predicted octanol–water partition coefficient (Wildman–Crippen LogP) is -1.11. The summed E-state index contributed by atoms with van der Waals surface area (Å²) in [4.78, 5) is 16.2. The van der Waals surface area contributed by atoms with Gasteiger partial charge in [0.05, 0.1) is 11.6 Å². The first-order valence-electron chi connectivity index (χ1n) is 8.46. The van der Waals surface area contributed by atoms with Gasteiger partial charge in [-0.2, -0.15) is 17.7 Å². The zero-order valence-electron chi connectivity index (χ0n) is 14.8. The third kappa shape index (κ3) is 3.29. The first-order valence-corrected chi connectivity index (χ1v) is 11.0. The summed E-state index contributed by atoms with van der Waals surface area (Å²) in [5.74, 6) is 0. The largest absolute Gasteiger partial charge is 0.394 e. The lowest BCUT2D eigenvalue weighted by atomic mass is 9.98. The zero-order chi connectivity index (χ0) is 21.8. The molecule has 162 valence electrons. The van der Waals surface area contributed by atoms with Crippen molar-refractivity contribution in [3.8, 4) is 0 Å². The quantitative estimate of drug-likeness (QED) is 0.420. The number of amides is 2. The van der Waals surface area contributed by atoms with E-state index in [0.717, 1.165) is 11.8 Å². The second kappa shape index (κ2) is 7.72. The number of hydrazone groups is 1. The van der Waals surface area contributed by atoms with Gasteiger partial charge in [0.2, 0.25) is 5.17 Å². The maximum atomic E-state index is 13.1. The molecule has 1 fully saturated rings. The molecule has 0 spiro atoms. The van der Waals surface area contributed by atoms with Crippen LogP contribution in [0, 0.1) is 0 Å². The van der Waals surface area contributed by atoms with Crippen LogP contribution in [0.5, 0.6) is 0 Å². The van der Waals surface area contributed by atoms with Crippen molar-refractivity contribution >= 4 is 49.8 Å². The highest BCUT2D eigenvalue weighted by Gasteiger charge is 2.55. The van der Waals surface area contributed by atoms with Gasteiger partial charge in [-0.05, 0) is 17.8 Å². The molecule has 0 bridgehead atoms. The maximum Gasteiger partial charge on any atom is 0.363 e. The summed E-state index contributed by atoms with van der Waals surface area (Å²) in [6.45, 7) is -0.799. The first-order chi connectivity index (χ1) is 14.2. The summed E-state index contributed by atoms with van der Waals surface area (Å²) in [5, 5.41) is 43.6. The van der Waals surface area contributed by atoms with Gasteiger partial charge in [-0.1, -0.05) is 29.8 Å². The number of carbonyl (C=O) groups excluding carboxylic acids is 1. The summed E-state index contributed by atoms with van der Waals surface area (Å²) in [7, 11) is -4.73. The number of aliphatic imine (C=N–C) groups is 1. The number of fused-ring (bicyclic) bond motifs is 1. The highest BCUT2D eigenvalue weighted by Crippen LogP contribution is 2.36. The monoisotopic (exact) mass is 478 g/mol. The Morgan fingerprint density at radius 2 is 1.87 bits per heavy atom. The Balaban J connectivity index is 1.72. The predicted molar refractivity (Wildman–Crippen MR) is 105 cm³/mol. The van der Waals surface area contributed by atoms with Crippen molar-refractivity contribution in [2.75, 3.05) is 6.61 Å². The van der Waals surface area contributed by atoms with Gasteiger partial charge in [0.25, 0.3) is 0 Å². The van der Waals surface area contributed by atoms with E-state index in [0.29, 0.717) is 15.0 Å². The number of urea groups is 1. The highest BCUT2D eigenvalue weighted by atomic mass is 35.5. The number of rotatable bonds is 3. The van der Waals surface area contributed by atoms with Gasteiger partial charge in [-0.3, -0.25) is 0 Å². The van der Waals surface area contributed by atoms with Crippen LogP contribution in [0.3, 0.4) is 0 Å². The van der Waals surface area contributed by atoms with Crippen LogP contribution in [-0.2, 0) is 14.9 Å². The molecule has 1 aromatic rings. The third-order valence-corrected chi connectivity index (χ3v) is 7.52. The number of halogens is 1. The van der Waals surface area contributed by atoms with E-state index < -0.39 is 53.5 Å². The van der Waals surface area contributed by atoms with Crippen molar-refractivity contribution in [1.82, 2.24) is 8.72 Å². The Morgan fingerprint density at radius 3 is 2.53 bits per heavy atom. The normalized spacial score (nSPS) is 33.2. The van der Waals surface area contributed by atoms with Crippen molar-refractivity contribution in [2.45, 2.75) is 30.6 Å². The molecule has 3 heterocycles. The van der Waals surface area contributed by atoms with Crippen molar-refractivity contribution in [3.63, 3.8) is 0 Å². The smallest absolute Gasteiger partial charge is 0.363 e. The number of ether oxygens (including phenoxy) is 1. The minimum Gasteiger partial charge on any atom is -0.394 e. The molecule has 3 aliphatic rings. The van der Waals surface area contributed by atoms with Gasteiger partial charge >= 0.3 is 16.2 Å². The summed E-state index contributed by atoms with van der Waals surface area (Å²) in [6, 6.07) is 5.24. The minimum atomic E-state index is -4.73. The Bertz CT molecular complexity index is 1050. The summed E-state index contributed by atoms with van der Waals surface area (Å²) in [5.41, 5.74) is 0.420. The molecule has 15 heteroatoms. The molecule has 5 atom stereocenters. The van der Waals surface area contributed by atoms with Gasteiger partial charge in [0.1, 0.15) is 29.5 Å². The van der Waals surface area contributed by atoms with Gasteiger partial charge < -0.3 is 25.2 Å². The second-order valence-electron chi connectivity index (χ2n) is 6.43. The lowest BCUT2D eigenvalue weighted by molar-refractivity contribution is -0.247. The minimum absolute atomic E-state index is 0.110. The second-order valence-corrected chi connectivity index (χ2v) is 9.43. The average molecular weight is 479 g/mol. The summed E-state index contributed by atoms with van der Waals surface area (Å²) in [6.07, 6.45) is -8.98. The van der Waals surface area contributed by atoms with Crippen LogP contribution in [-0.4, -0.2) is 91.1 Å². The van der Waals surface area contributed by atoms with E-state index in [4.69, 9.17) is 16.3 Å². The fourth-order valence-electron chi connectivity index (χ4n) is 3.06. The van der Waals surface area contributed by atoms with Gasteiger partial charge in [0, 0.05) is 5.56 Å². The highest BCUT2D eigenvalue weighted by molar-refractivity contribution is 8.28. The summed E-state index contributed by atoms with van der Waals surface area (Å²) >= 11 is 6.93. The average Bonchev–Trinajstić information content (AvgIpc) is 3.12. The maximum absolute atomic E-state index is 13.1. The summed E-state index contributed by atoms with van der Waals surface area (Å²) < 4.78 is 32.0. The van der Waals surface area contributed by atoms with Crippen LogP contribution in [0.15, 0.2) is 34.4 Å². The third-order valence-electron chi connectivity index (χ3n) is 4.58. The van der Waals surface area contributed by atoms with E-state index >= 15 is 0 Å². The number of thioether (sulfide) groups is 1. The molecule has 4 rings (SSSR count). The lowest BCUT2D eigenvalue weighted by Crippen LogP contribution is -2.66. The SMILES string of the molecule is O=C1N=C2SC(c3ccccc3Cl)=NN2S(=O)(=O)N1[C@@H]1O[C@H](CO)[C@@H](O)[C@H](O)[C@H]1O. The molecular formula is C15H15ClN4O8S2. The Kier molecular flexibility index (Phi) is 5.52. The Hall–Kier alpha value is -1.78. The van der Waals surface area contributed by atoms with E-state index in [1.54, 1.807) is 24.3 Å². The van der Waals surface area contributed by atoms with Crippen LogP contribution >= 0.6 is 23.4 Å². The Labute approximate surface area is 179 Å². The molecule has 1 aromatic carbocycles. The van der Waals surface area contributed by atoms with Crippen molar-refractivity contribution in [3.05, 3.63) is 34.9 Å². The van der Waals surface area contributed by atoms with Crippen molar-refractivity contribution in [2.24, 2.45) is 10.1 Å². The van der Waals surface area contributed by atoms with Gasteiger partial charge in [-0.25, -0.2) is 4.79 Å². The van der Waals surface area contributed by atoms with E-state index in [-0.39, 0.29) is 14.5 Å². The fraction of sp³-hybridized carbons (Fsp3) is 0.400. The number of hydrogen-bond donors (Lipinski definition) is 4. The fourth-order valence-corrected chi connectivity index (χ4v) is 5.88. The molecule has 0 radical (unpaired) electrons. The van der Waals surface area contributed by atoms with E-state index in [1.165, 1.54) is 0 Å². The number of amidine groups is 1. The van der Waals surface area contributed by atoms with Gasteiger partial charge in [-0.15, -0.1) is 9.52 Å². The molecule has 30 heavy (non-hydrogen) atoms. The number of carbonyl (C=O) groups is 1. The van der Waals surface area contributed by atoms with E-state index in [9.17, 15) is 33.6 Å². The van der Waals surface area contributed by atoms with Crippen LogP contribution in [0.25, 0.3) is 0 Å². The van der Waals surface area contributed by atoms with E-state index in [2.05, 4.69) is 10.1 Å². The standard InChI is InChI=1S/C15H15ClN4O8S2/c16-7-4-2-1-3-6(7)12-18-20-15(29-12)17-14(25)19(30(20,26)27)13-11(24)10(23)9(22)8(5-21)28-13/h1-4,8-11,13,21-24H,5H2/t8-,9-,10+,11-,13-/m1/s1. The Morgan fingerprint density at radius 1 is 1.17 bits per heavy atom. The molecule has 0 unspecified atom stereocenters. The topological polar surface area (TPSA) is 173 Å². The van der Waals surface area contributed by atoms with Crippen molar-refractivity contribution < 1.29 is 38.4 Å². The number of benzene rings is 1. The number of nitrogens with zero attached hydrogens (tertiary/aromatic N) is 4. The lowest BCUT2D eigenvalue weighted by Gasteiger charge is -2.44. The van der Waals surface area contributed by atoms with Crippen LogP contribution < -0.4 is 0 Å². The molecule has 1 saturated heterocycles. The number of aliphatic hydroxyl groups excluding tert-OH is 4. The number of hydrogen-bond acceptors (Lipinski definition) is 10. The molecule has 2 amide bonds. The van der Waals surface area contributed by atoms with Crippen LogP contribution in [0.1, 0.15) is 5.56 Å².